The maximum absolute atomic E-state index is 12.6. The summed E-state index contributed by atoms with van der Waals surface area (Å²) in [5, 5.41) is 9.51. The third-order valence-electron chi connectivity index (χ3n) is 5.42. The van der Waals surface area contributed by atoms with Gasteiger partial charge >= 0.3 is 5.97 Å². The number of carboxylic acid groups (broad SMARTS) is 1. The second kappa shape index (κ2) is 6.41. The van der Waals surface area contributed by atoms with E-state index >= 15 is 0 Å². The molecule has 8 heteroatoms. The first-order chi connectivity index (χ1) is 11.3. The predicted octanol–water partition coefficient (Wildman–Crippen LogP) is 2.02. The quantitative estimate of drug-likeness (QED) is 0.353. The van der Waals surface area contributed by atoms with Crippen LogP contribution in [0.1, 0.15) is 39.5 Å². The standard InChI is InChI=1S/C16H24ClN3O3S/c1-15(2)16(9-17,14(22)23)20-12(21)11(13(20)24-15)18-10-19-7-5-3-4-6-8-19/h10-11,13H,3-9H2,1-2H3,(H,22,23)/t11?,13-,16+/m1/s1. The maximum atomic E-state index is 12.6. The van der Waals surface area contributed by atoms with Crippen molar-refractivity contribution in [1.82, 2.24) is 9.80 Å². The van der Waals surface area contributed by atoms with Crippen molar-refractivity contribution in [3.8, 4) is 0 Å². The molecule has 0 aliphatic carbocycles. The summed E-state index contributed by atoms with van der Waals surface area (Å²) in [6.07, 6.45) is 6.57. The molecule has 3 rings (SSSR count). The van der Waals surface area contributed by atoms with Crippen LogP contribution in [0.4, 0.5) is 0 Å². The lowest BCUT2D eigenvalue weighted by Crippen LogP contribution is -2.72. The number of amides is 1. The second-order valence-electron chi connectivity index (χ2n) is 7.19. The molecule has 3 heterocycles. The van der Waals surface area contributed by atoms with Crippen LogP contribution in [0.15, 0.2) is 4.99 Å². The number of aliphatic carboxylic acids is 1. The largest absolute Gasteiger partial charge is 0.479 e. The van der Waals surface area contributed by atoms with Gasteiger partial charge in [-0.15, -0.1) is 23.4 Å². The van der Waals surface area contributed by atoms with E-state index in [1.54, 1.807) is 6.34 Å². The number of fused-ring (bicyclic) bond motifs is 1. The molecule has 0 aromatic carbocycles. The van der Waals surface area contributed by atoms with Crippen molar-refractivity contribution in [2.45, 2.75) is 61.2 Å². The van der Waals surface area contributed by atoms with Crippen LogP contribution in [0, 0.1) is 0 Å². The highest BCUT2D eigenvalue weighted by Crippen LogP contribution is 2.57. The number of thioether (sulfide) groups is 1. The Bertz CT molecular complexity index is 563. The zero-order valence-corrected chi connectivity index (χ0v) is 15.6. The number of likely N-dealkylation sites (tertiary alicyclic amines) is 1. The molecule has 0 saturated carbocycles. The first-order valence-corrected chi connectivity index (χ1v) is 9.84. The van der Waals surface area contributed by atoms with Crippen LogP contribution in [0.5, 0.6) is 0 Å². The van der Waals surface area contributed by atoms with Crippen LogP contribution in [0.2, 0.25) is 0 Å². The van der Waals surface area contributed by atoms with Crippen LogP contribution in [0.25, 0.3) is 0 Å². The van der Waals surface area contributed by atoms with Gasteiger partial charge in [0.05, 0.1) is 12.2 Å². The van der Waals surface area contributed by atoms with E-state index in [1.165, 1.54) is 29.5 Å². The number of hydrogen-bond acceptors (Lipinski definition) is 4. The molecule has 3 atom stereocenters. The predicted molar refractivity (Wildman–Crippen MR) is 95.7 cm³/mol. The molecule has 0 radical (unpaired) electrons. The zero-order chi connectivity index (χ0) is 17.5. The van der Waals surface area contributed by atoms with Gasteiger partial charge in [-0.1, -0.05) is 12.8 Å². The minimum atomic E-state index is -1.37. The lowest BCUT2D eigenvalue weighted by Gasteiger charge is -2.47. The number of alkyl halides is 1. The van der Waals surface area contributed by atoms with E-state index in [4.69, 9.17) is 11.6 Å². The molecule has 3 fully saturated rings. The molecule has 3 aliphatic rings. The molecular weight excluding hydrogens is 350 g/mol. The highest BCUT2D eigenvalue weighted by atomic mass is 35.5. The number of rotatable bonds is 4. The van der Waals surface area contributed by atoms with E-state index < -0.39 is 22.3 Å². The molecule has 24 heavy (non-hydrogen) atoms. The Morgan fingerprint density at radius 1 is 1.38 bits per heavy atom. The number of halogens is 1. The van der Waals surface area contributed by atoms with Crippen molar-refractivity contribution >= 4 is 41.6 Å². The SMILES string of the molecule is CC1(C)S[C@@H]2C(N=CN3CCCCCC3)C(=O)N2[C@@]1(CCl)C(=O)O. The summed E-state index contributed by atoms with van der Waals surface area (Å²) in [6.45, 7) is 5.63. The normalized spacial score (nSPS) is 35.7. The Kier molecular flexibility index (Phi) is 4.77. The summed E-state index contributed by atoms with van der Waals surface area (Å²) < 4.78 is -0.659. The van der Waals surface area contributed by atoms with Crippen molar-refractivity contribution in [1.29, 1.82) is 0 Å². The number of nitrogens with zero attached hydrogens (tertiary/aromatic N) is 3. The van der Waals surface area contributed by atoms with E-state index in [2.05, 4.69) is 9.89 Å². The van der Waals surface area contributed by atoms with E-state index in [0.717, 1.165) is 25.9 Å². The fraction of sp³-hybridized carbons (Fsp3) is 0.812. The number of hydrogen-bond donors (Lipinski definition) is 1. The Morgan fingerprint density at radius 3 is 2.54 bits per heavy atom. The molecule has 3 saturated heterocycles. The molecule has 1 amide bonds. The van der Waals surface area contributed by atoms with Crippen molar-refractivity contribution in [3.05, 3.63) is 0 Å². The second-order valence-corrected chi connectivity index (χ2v) is 9.19. The molecule has 134 valence electrons. The van der Waals surface area contributed by atoms with E-state index in [1.807, 2.05) is 13.8 Å². The molecule has 0 aromatic heterocycles. The highest BCUT2D eigenvalue weighted by molar-refractivity contribution is 8.01. The Morgan fingerprint density at radius 2 is 2.00 bits per heavy atom. The minimum absolute atomic E-state index is 0.118. The van der Waals surface area contributed by atoms with Crippen molar-refractivity contribution in [2.75, 3.05) is 19.0 Å². The van der Waals surface area contributed by atoms with Gasteiger partial charge in [-0.3, -0.25) is 9.79 Å². The summed E-state index contributed by atoms with van der Waals surface area (Å²) in [5.74, 6) is -1.39. The molecule has 1 N–H and O–H groups in total. The van der Waals surface area contributed by atoms with E-state index in [9.17, 15) is 14.7 Å². The van der Waals surface area contributed by atoms with Crippen LogP contribution in [-0.4, -0.2) is 73.8 Å². The van der Waals surface area contributed by atoms with Gasteiger partial charge in [-0.25, -0.2) is 4.79 Å². The lowest BCUT2D eigenvalue weighted by molar-refractivity contribution is -0.167. The number of β-lactam (4-membered cyclic amide) rings is 1. The fourth-order valence-corrected chi connectivity index (χ4v) is 6.24. The number of carboxylic acids is 1. The lowest BCUT2D eigenvalue weighted by atomic mass is 9.82. The Balaban J connectivity index is 1.77. The molecule has 0 spiro atoms. The smallest absolute Gasteiger partial charge is 0.332 e. The van der Waals surface area contributed by atoms with Gasteiger partial charge in [-0.2, -0.15) is 0 Å². The molecule has 6 nitrogen and oxygen atoms in total. The first-order valence-electron chi connectivity index (χ1n) is 8.43. The fourth-order valence-electron chi connectivity index (χ4n) is 3.82. The van der Waals surface area contributed by atoms with Crippen LogP contribution >= 0.6 is 23.4 Å². The first kappa shape index (κ1) is 17.9. The zero-order valence-electron chi connectivity index (χ0n) is 14.1. The number of aliphatic imine (C=N–C) groups is 1. The minimum Gasteiger partial charge on any atom is -0.479 e. The van der Waals surface area contributed by atoms with Crippen LogP contribution in [-0.2, 0) is 9.59 Å². The average molecular weight is 374 g/mol. The Hall–Kier alpha value is -0.950. The van der Waals surface area contributed by atoms with Crippen LogP contribution < -0.4 is 0 Å². The topological polar surface area (TPSA) is 73.2 Å². The van der Waals surface area contributed by atoms with Crippen molar-refractivity contribution < 1.29 is 14.7 Å². The van der Waals surface area contributed by atoms with Gasteiger partial charge in [0.15, 0.2) is 11.6 Å². The van der Waals surface area contributed by atoms with Gasteiger partial charge in [0.25, 0.3) is 5.91 Å². The number of carbonyl (C=O) groups excluding carboxylic acids is 1. The van der Waals surface area contributed by atoms with Gasteiger partial charge in [0.2, 0.25) is 0 Å². The third-order valence-corrected chi connectivity index (χ3v) is 7.44. The summed E-state index contributed by atoms with van der Waals surface area (Å²) in [4.78, 5) is 32.6. The van der Waals surface area contributed by atoms with Crippen LogP contribution in [0.3, 0.4) is 0 Å². The van der Waals surface area contributed by atoms with E-state index in [0.29, 0.717) is 0 Å². The third kappa shape index (κ3) is 2.51. The summed E-state index contributed by atoms with van der Waals surface area (Å²) in [5.41, 5.74) is -1.37. The van der Waals surface area contributed by atoms with E-state index in [-0.39, 0.29) is 17.2 Å². The molecule has 1 unspecified atom stereocenters. The molecular formula is C16H24ClN3O3S. The maximum Gasteiger partial charge on any atom is 0.332 e. The van der Waals surface area contributed by atoms with Gasteiger partial charge in [-0.05, 0) is 26.7 Å². The van der Waals surface area contributed by atoms with Gasteiger partial charge in [0, 0.05) is 17.8 Å². The molecule has 0 aromatic rings. The monoisotopic (exact) mass is 373 g/mol. The Labute approximate surface area is 151 Å². The highest BCUT2D eigenvalue weighted by Gasteiger charge is 2.72. The number of carbonyl (C=O) groups is 2. The summed E-state index contributed by atoms with van der Waals surface area (Å²) in [7, 11) is 0. The van der Waals surface area contributed by atoms with Gasteiger partial charge < -0.3 is 14.9 Å². The van der Waals surface area contributed by atoms with Crippen molar-refractivity contribution in [3.63, 3.8) is 0 Å². The summed E-state index contributed by atoms with van der Waals surface area (Å²) >= 11 is 7.52. The van der Waals surface area contributed by atoms with Crippen molar-refractivity contribution in [2.24, 2.45) is 4.99 Å². The molecule has 0 bridgehead atoms. The van der Waals surface area contributed by atoms with Gasteiger partial charge in [0.1, 0.15) is 5.37 Å². The summed E-state index contributed by atoms with van der Waals surface area (Å²) in [6, 6.07) is -0.498. The molecule has 3 aliphatic heterocycles. The average Bonchev–Trinajstić information content (AvgIpc) is 2.68.